The van der Waals surface area contributed by atoms with Gasteiger partial charge in [0.25, 0.3) is 6.43 Å². The molecule has 1 aliphatic rings. The van der Waals surface area contributed by atoms with Gasteiger partial charge in [-0.2, -0.15) is 0 Å². The highest BCUT2D eigenvalue weighted by molar-refractivity contribution is 5.79. The van der Waals surface area contributed by atoms with E-state index in [9.17, 15) is 13.2 Å². The average molecular weight is 299 g/mol. The highest BCUT2D eigenvalue weighted by Gasteiger charge is 2.44. The molecule has 1 aromatic carbocycles. The number of nitrogens with one attached hydrogen (secondary N) is 2. The molecule has 21 heavy (non-hydrogen) atoms. The van der Waals surface area contributed by atoms with E-state index in [0.717, 1.165) is 18.4 Å². The van der Waals surface area contributed by atoms with Crippen molar-refractivity contribution in [3.8, 4) is 0 Å². The lowest BCUT2D eigenvalue weighted by atomic mass is 9.96. The molecule has 0 unspecified atom stereocenters. The number of guanidine groups is 1. The first-order valence-corrected chi connectivity index (χ1v) is 7.12. The molecule has 116 valence electrons. The van der Waals surface area contributed by atoms with Crippen LogP contribution in [0.3, 0.4) is 0 Å². The zero-order valence-electron chi connectivity index (χ0n) is 12.0. The molecular weight excluding hydrogens is 279 g/mol. The first kappa shape index (κ1) is 15.7. The molecule has 0 atom stereocenters. The maximum Gasteiger partial charge on any atom is 0.255 e. The van der Waals surface area contributed by atoms with Gasteiger partial charge in [-0.1, -0.05) is 12.1 Å². The van der Waals surface area contributed by atoms with Gasteiger partial charge in [-0.25, -0.2) is 13.2 Å². The third-order valence-electron chi connectivity index (χ3n) is 3.60. The molecule has 0 amide bonds. The molecule has 3 nitrogen and oxygen atoms in total. The summed E-state index contributed by atoms with van der Waals surface area (Å²) in [6.45, 7) is 2.51. The van der Waals surface area contributed by atoms with Crippen molar-refractivity contribution in [2.45, 2.75) is 31.6 Å². The van der Waals surface area contributed by atoms with Gasteiger partial charge >= 0.3 is 0 Å². The summed E-state index contributed by atoms with van der Waals surface area (Å²) >= 11 is 0. The summed E-state index contributed by atoms with van der Waals surface area (Å²) in [6, 6.07) is 6.53. The Morgan fingerprint density at radius 2 is 2.10 bits per heavy atom. The number of hydrogen-bond acceptors (Lipinski definition) is 1. The van der Waals surface area contributed by atoms with Crippen LogP contribution in [0.2, 0.25) is 0 Å². The lowest BCUT2D eigenvalue weighted by Gasteiger charge is -2.16. The van der Waals surface area contributed by atoms with Crippen molar-refractivity contribution < 1.29 is 13.2 Å². The van der Waals surface area contributed by atoms with Gasteiger partial charge in [0.05, 0.1) is 13.1 Å². The van der Waals surface area contributed by atoms with Crippen molar-refractivity contribution in [2.24, 2.45) is 4.99 Å². The van der Waals surface area contributed by atoms with E-state index in [1.807, 2.05) is 13.0 Å². The monoisotopic (exact) mass is 299 g/mol. The quantitative estimate of drug-likeness (QED) is 0.626. The van der Waals surface area contributed by atoms with Gasteiger partial charge in [0, 0.05) is 12.0 Å². The second-order valence-electron chi connectivity index (χ2n) is 5.26. The summed E-state index contributed by atoms with van der Waals surface area (Å²) in [5.41, 5.74) is 0.783. The SMILES string of the molecule is CCNC(=NCC1(c2cccc(F)c2)CC1)NCC(F)F. The van der Waals surface area contributed by atoms with Gasteiger partial charge in [0.15, 0.2) is 5.96 Å². The smallest absolute Gasteiger partial charge is 0.255 e. The van der Waals surface area contributed by atoms with Crippen LogP contribution >= 0.6 is 0 Å². The zero-order valence-corrected chi connectivity index (χ0v) is 12.0. The number of hydrogen-bond donors (Lipinski definition) is 2. The lowest BCUT2D eigenvalue weighted by molar-refractivity contribution is 0.152. The zero-order chi connectivity index (χ0) is 15.3. The van der Waals surface area contributed by atoms with Crippen LogP contribution in [0.15, 0.2) is 29.3 Å². The third-order valence-corrected chi connectivity index (χ3v) is 3.60. The van der Waals surface area contributed by atoms with Crippen LogP contribution in [0, 0.1) is 5.82 Å². The topological polar surface area (TPSA) is 36.4 Å². The molecule has 0 saturated heterocycles. The Morgan fingerprint density at radius 1 is 1.33 bits per heavy atom. The highest BCUT2D eigenvalue weighted by atomic mass is 19.3. The van der Waals surface area contributed by atoms with E-state index in [2.05, 4.69) is 15.6 Å². The number of halogens is 3. The maximum atomic E-state index is 13.3. The first-order chi connectivity index (χ1) is 10.1. The minimum Gasteiger partial charge on any atom is -0.357 e. The molecule has 0 bridgehead atoms. The Balaban J connectivity index is 2.02. The third kappa shape index (κ3) is 4.37. The fourth-order valence-electron chi connectivity index (χ4n) is 2.25. The molecule has 6 heteroatoms. The minimum atomic E-state index is -2.42. The predicted molar refractivity (Wildman–Crippen MR) is 77.3 cm³/mol. The predicted octanol–water partition coefficient (Wildman–Crippen LogP) is 2.68. The molecule has 2 rings (SSSR count). The van der Waals surface area contributed by atoms with E-state index in [4.69, 9.17) is 0 Å². The van der Waals surface area contributed by atoms with Crippen LogP contribution in [0.5, 0.6) is 0 Å². The minimum absolute atomic E-state index is 0.144. The number of rotatable bonds is 6. The van der Waals surface area contributed by atoms with Gasteiger partial charge in [-0.15, -0.1) is 0 Å². The van der Waals surface area contributed by atoms with Crippen LogP contribution in [0.1, 0.15) is 25.3 Å². The molecule has 1 saturated carbocycles. The molecule has 0 aliphatic heterocycles. The molecule has 0 radical (unpaired) electrons. The first-order valence-electron chi connectivity index (χ1n) is 7.12. The molecule has 0 heterocycles. The van der Waals surface area contributed by atoms with Gasteiger partial charge < -0.3 is 10.6 Å². The van der Waals surface area contributed by atoms with Crippen LogP contribution in [0.25, 0.3) is 0 Å². The summed E-state index contributed by atoms with van der Waals surface area (Å²) in [7, 11) is 0. The van der Waals surface area contributed by atoms with E-state index in [1.165, 1.54) is 12.1 Å². The molecule has 1 aliphatic carbocycles. The Labute approximate surface area is 122 Å². The van der Waals surface area contributed by atoms with Crippen molar-refractivity contribution in [3.63, 3.8) is 0 Å². The summed E-state index contributed by atoms with van der Waals surface area (Å²) in [5, 5.41) is 5.53. The number of benzene rings is 1. The van der Waals surface area contributed by atoms with E-state index in [0.29, 0.717) is 19.0 Å². The van der Waals surface area contributed by atoms with Crippen LogP contribution in [0.4, 0.5) is 13.2 Å². The molecule has 1 aromatic rings. The number of nitrogens with zero attached hydrogens (tertiary/aromatic N) is 1. The molecular formula is C15H20F3N3. The second kappa shape index (κ2) is 6.83. The molecule has 0 aromatic heterocycles. The highest BCUT2D eigenvalue weighted by Crippen LogP contribution is 2.48. The van der Waals surface area contributed by atoms with Gasteiger partial charge in [-0.05, 0) is 37.5 Å². The van der Waals surface area contributed by atoms with Crippen molar-refractivity contribution >= 4 is 5.96 Å². The van der Waals surface area contributed by atoms with Crippen molar-refractivity contribution in [1.29, 1.82) is 0 Å². The van der Waals surface area contributed by atoms with Gasteiger partial charge in [0.2, 0.25) is 0 Å². The van der Waals surface area contributed by atoms with Crippen LogP contribution in [-0.2, 0) is 5.41 Å². The standard InChI is InChI=1S/C15H20F3N3/c1-2-19-14(20-9-13(17)18)21-10-15(6-7-15)11-4-3-5-12(16)8-11/h3-5,8,13H,2,6-7,9-10H2,1H3,(H2,19,20,21). The average Bonchev–Trinajstić information content (AvgIpc) is 3.23. The fraction of sp³-hybridized carbons (Fsp3) is 0.533. The van der Waals surface area contributed by atoms with Crippen LogP contribution in [-0.4, -0.2) is 32.0 Å². The van der Waals surface area contributed by atoms with E-state index >= 15 is 0 Å². The van der Waals surface area contributed by atoms with Crippen molar-refractivity contribution in [3.05, 3.63) is 35.6 Å². The largest absolute Gasteiger partial charge is 0.357 e. The van der Waals surface area contributed by atoms with Crippen LogP contribution < -0.4 is 10.6 Å². The Hall–Kier alpha value is -1.72. The molecule has 1 fully saturated rings. The van der Waals surface area contributed by atoms with E-state index < -0.39 is 13.0 Å². The van der Waals surface area contributed by atoms with Crippen molar-refractivity contribution in [2.75, 3.05) is 19.6 Å². The van der Waals surface area contributed by atoms with Crippen molar-refractivity contribution in [1.82, 2.24) is 10.6 Å². The van der Waals surface area contributed by atoms with Gasteiger partial charge in [-0.3, -0.25) is 4.99 Å². The molecule has 2 N–H and O–H groups in total. The second-order valence-corrected chi connectivity index (χ2v) is 5.26. The summed E-state index contributed by atoms with van der Waals surface area (Å²) < 4.78 is 37.8. The number of alkyl halides is 2. The van der Waals surface area contributed by atoms with E-state index in [-0.39, 0.29) is 11.2 Å². The Bertz CT molecular complexity index is 499. The lowest BCUT2D eigenvalue weighted by Crippen LogP contribution is -2.40. The normalized spacial score (nSPS) is 16.9. The maximum absolute atomic E-state index is 13.3. The fourth-order valence-corrected chi connectivity index (χ4v) is 2.25. The Kier molecular flexibility index (Phi) is 5.09. The summed E-state index contributed by atoms with van der Waals surface area (Å²) in [5.74, 6) is 0.117. The Morgan fingerprint density at radius 3 is 2.67 bits per heavy atom. The number of aliphatic imine (C=N–C) groups is 1. The summed E-state index contributed by atoms with van der Waals surface area (Å²) in [6.07, 6.45) is -0.547. The molecule has 0 spiro atoms. The van der Waals surface area contributed by atoms with E-state index in [1.54, 1.807) is 6.07 Å². The summed E-state index contributed by atoms with van der Waals surface area (Å²) in [4.78, 5) is 4.36. The van der Waals surface area contributed by atoms with Gasteiger partial charge in [0.1, 0.15) is 5.82 Å².